The number of carbonyl (C=O) groups is 1. The third kappa shape index (κ3) is 4.20. The summed E-state index contributed by atoms with van der Waals surface area (Å²) >= 11 is 6.77. The summed E-state index contributed by atoms with van der Waals surface area (Å²) in [7, 11) is -3.46. The van der Waals surface area contributed by atoms with Crippen molar-refractivity contribution in [2.45, 2.75) is 23.5 Å². The molecule has 1 aromatic carbocycles. The topological polar surface area (TPSA) is 66.5 Å². The van der Waals surface area contributed by atoms with Gasteiger partial charge in [-0.2, -0.15) is 4.31 Å². The predicted molar refractivity (Wildman–Crippen MR) is 96.1 cm³/mol. The zero-order valence-corrected chi connectivity index (χ0v) is 15.6. The molecule has 5 nitrogen and oxygen atoms in total. The average molecular weight is 403 g/mol. The number of hydrogen-bond acceptors (Lipinski definition) is 4. The fourth-order valence-corrected chi connectivity index (χ4v) is 5.79. The summed E-state index contributed by atoms with van der Waals surface area (Å²) in [6.45, 7) is 1.09. The Kier molecular flexibility index (Phi) is 5.43. The monoisotopic (exact) mass is 402 g/mol. The highest BCUT2D eigenvalue weighted by Gasteiger charge is 2.28. The maximum atomic E-state index is 13.1. The van der Waals surface area contributed by atoms with E-state index in [2.05, 4.69) is 5.32 Å². The second-order valence-electron chi connectivity index (χ2n) is 5.69. The molecule has 1 N–H and O–H groups in total. The first-order chi connectivity index (χ1) is 11.9. The maximum Gasteiger partial charge on any atom is 0.252 e. The number of benzene rings is 1. The number of thiophene rings is 1. The Hall–Kier alpha value is -1.48. The number of carbonyl (C=O) groups excluding carboxylic acids is 1. The summed E-state index contributed by atoms with van der Waals surface area (Å²) in [5, 5.41) is 2.54. The molecule has 3 rings (SSSR count). The molecule has 0 saturated carbocycles. The van der Waals surface area contributed by atoms with Gasteiger partial charge in [0, 0.05) is 23.7 Å². The van der Waals surface area contributed by atoms with Crippen LogP contribution < -0.4 is 5.32 Å². The van der Waals surface area contributed by atoms with Crippen LogP contribution in [0.1, 0.15) is 17.7 Å². The predicted octanol–water partition coefficient (Wildman–Crippen LogP) is 3.51. The van der Waals surface area contributed by atoms with Crippen LogP contribution in [-0.2, 0) is 21.2 Å². The van der Waals surface area contributed by atoms with E-state index >= 15 is 0 Å². The molecule has 1 aliphatic rings. The van der Waals surface area contributed by atoms with Crippen LogP contribution in [0.2, 0.25) is 5.02 Å². The fraction of sp³-hybridized carbons (Fsp3) is 0.312. The van der Waals surface area contributed by atoms with Gasteiger partial charge in [-0.25, -0.2) is 12.8 Å². The molecule has 2 heterocycles. The van der Waals surface area contributed by atoms with Crippen molar-refractivity contribution in [1.29, 1.82) is 0 Å². The van der Waals surface area contributed by atoms with Crippen LogP contribution in [0.4, 0.5) is 10.1 Å². The van der Waals surface area contributed by atoms with Gasteiger partial charge in [0.1, 0.15) is 10.0 Å². The molecule has 0 spiro atoms. The van der Waals surface area contributed by atoms with E-state index in [-0.39, 0.29) is 21.6 Å². The van der Waals surface area contributed by atoms with Gasteiger partial charge in [0.15, 0.2) is 0 Å². The number of sulfonamides is 1. The average Bonchev–Trinajstić information content (AvgIpc) is 3.22. The Morgan fingerprint density at radius 2 is 1.96 bits per heavy atom. The lowest BCUT2D eigenvalue weighted by Crippen LogP contribution is -2.27. The van der Waals surface area contributed by atoms with Gasteiger partial charge in [0.2, 0.25) is 5.91 Å². The van der Waals surface area contributed by atoms with Gasteiger partial charge in [-0.15, -0.1) is 11.3 Å². The summed E-state index contributed by atoms with van der Waals surface area (Å²) in [6.07, 6.45) is 1.79. The van der Waals surface area contributed by atoms with Gasteiger partial charge in [-0.1, -0.05) is 11.6 Å². The number of rotatable bonds is 5. The Bertz CT molecular complexity index is 893. The highest BCUT2D eigenvalue weighted by molar-refractivity contribution is 7.91. The van der Waals surface area contributed by atoms with E-state index in [9.17, 15) is 17.6 Å². The van der Waals surface area contributed by atoms with Crippen molar-refractivity contribution >= 4 is 44.6 Å². The molecule has 1 aromatic heterocycles. The van der Waals surface area contributed by atoms with Gasteiger partial charge < -0.3 is 5.32 Å². The molecule has 1 amide bonds. The van der Waals surface area contributed by atoms with Crippen molar-refractivity contribution in [2.24, 2.45) is 0 Å². The lowest BCUT2D eigenvalue weighted by Gasteiger charge is -2.13. The molecule has 1 saturated heterocycles. The van der Waals surface area contributed by atoms with Crippen LogP contribution >= 0.6 is 22.9 Å². The molecule has 0 atom stereocenters. The van der Waals surface area contributed by atoms with Crippen molar-refractivity contribution in [1.82, 2.24) is 4.31 Å². The molecule has 25 heavy (non-hydrogen) atoms. The first-order valence-corrected chi connectivity index (χ1v) is 10.3. The number of hydrogen-bond donors (Lipinski definition) is 1. The Labute approximate surface area is 154 Å². The lowest BCUT2D eigenvalue weighted by molar-refractivity contribution is -0.115. The van der Waals surface area contributed by atoms with E-state index in [1.807, 2.05) is 0 Å². The Balaban J connectivity index is 1.66. The van der Waals surface area contributed by atoms with E-state index in [0.29, 0.717) is 23.7 Å². The number of anilines is 1. The molecule has 9 heteroatoms. The summed E-state index contributed by atoms with van der Waals surface area (Å²) in [5.41, 5.74) is 0.387. The Morgan fingerprint density at radius 1 is 1.24 bits per heavy atom. The number of nitrogens with zero attached hydrogens (tertiary/aromatic N) is 1. The van der Waals surface area contributed by atoms with Crippen molar-refractivity contribution in [3.05, 3.63) is 46.0 Å². The SMILES string of the molecule is O=C(Cc1ccc(S(=O)(=O)N2CCCC2)s1)Nc1ccc(F)c(Cl)c1. The van der Waals surface area contributed by atoms with Gasteiger partial charge >= 0.3 is 0 Å². The van der Waals surface area contributed by atoms with E-state index in [0.717, 1.165) is 24.2 Å². The molecule has 2 aromatic rings. The second kappa shape index (κ2) is 7.41. The van der Waals surface area contributed by atoms with E-state index in [4.69, 9.17) is 11.6 Å². The smallest absolute Gasteiger partial charge is 0.252 e. The quantitative estimate of drug-likeness (QED) is 0.832. The van der Waals surface area contributed by atoms with Crippen LogP contribution in [0.5, 0.6) is 0 Å². The van der Waals surface area contributed by atoms with Gasteiger partial charge in [0.25, 0.3) is 10.0 Å². The summed E-state index contributed by atoms with van der Waals surface area (Å²) in [4.78, 5) is 12.7. The van der Waals surface area contributed by atoms with Crippen molar-refractivity contribution in [3.63, 3.8) is 0 Å². The zero-order valence-electron chi connectivity index (χ0n) is 13.2. The standard InChI is InChI=1S/C16H16ClFN2O3S2/c17-13-9-11(3-5-14(13)18)19-15(21)10-12-4-6-16(24-12)25(22,23)20-7-1-2-8-20/h3-6,9H,1-2,7-8,10H2,(H,19,21). The Morgan fingerprint density at radius 3 is 2.64 bits per heavy atom. The summed E-state index contributed by atoms with van der Waals surface area (Å²) in [6, 6.07) is 7.09. The molecule has 1 aliphatic heterocycles. The zero-order chi connectivity index (χ0) is 18.0. The van der Waals surface area contributed by atoms with Gasteiger partial charge in [-0.3, -0.25) is 4.79 Å². The largest absolute Gasteiger partial charge is 0.326 e. The number of nitrogens with one attached hydrogen (secondary N) is 1. The molecular formula is C16H16ClFN2O3S2. The normalized spacial score (nSPS) is 15.4. The van der Waals surface area contributed by atoms with Crippen LogP contribution in [0.15, 0.2) is 34.5 Å². The highest BCUT2D eigenvalue weighted by atomic mass is 35.5. The molecule has 0 unspecified atom stereocenters. The van der Waals surface area contributed by atoms with Crippen LogP contribution in [-0.4, -0.2) is 31.7 Å². The van der Waals surface area contributed by atoms with E-state index in [1.165, 1.54) is 28.6 Å². The first kappa shape index (κ1) is 18.3. The minimum absolute atomic E-state index is 0.0369. The molecular weight excluding hydrogens is 387 g/mol. The number of amides is 1. The van der Waals surface area contributed by atoms with Crippen LogP contribution in [0.3, 0.4) is 0 Å². The minimum atomic E-state index is -3.46. The van der Waals surface area contributed by atoms with Crippen LogP contribution in [0, 0.1) is 5.82 Å². The third-order valence-electron chi connectivity index (χ3n) is 3.83. The molecule has 134 valence electrons. The molecule has 0 bridgehead atoms. The van der Waals surface area contributed by atoms with Crippen molar-refractivity contribution in [3.8, 4) is 0 Å². The lowest BCUT2D eigenvalue weighted by atomic mass is 10.3. The van der Waals surface area contributed by atoms with Crippen LogP contribution in [0.25, 0.3) is 0 Å². The maximum absolute atomic E-state index is 13.1. The molecule has 1 fully saturated rings. The van der Waals surface area contributed by atoms with E-state index < -0.39 is 15.8 Å². The number of halogens is 2. The fourth-order valence-electron chi connectivity index (χ4n) is 2.58. The minimum Gasteiger partial charge on any atom is -0.326 e. The molecule has 0 radical (unpaired) electrons. The van der Waals surface area contributed by atoms with Crippen molar-refractivity contribution in [2.75, 3.05) is 18.4 Å². The molecule has 0 aliphatic carbocycles. The van der Waals surface area contributed by atoms with Gasteiger partial charge in [-0.05, 0) is 43.2 Å². The third-order valence-corrected chi connectivity index (χ3v) is 7.58. The highest BCUT2D eigenvalue weighted by Crippen LogP contribution is 2.28. The first-order valence-electron chi connectivity index (χ1n) is 7.70. The van der Waals surface area contributed by atoms with Gasteiger partial charge in [0.05, 0.1) is 11.4 Å². The van der Waals surface area contributed by atoms with E-state index in [1.54, 1.807) is 6.07 Å². The second-order valence-corrected chi connectivity index (χ2v) is 9.43. The summed E-state index contributed by atoms with van der Waals surface area (Å²) < 4.78 is 39.8. The van der Waals surface area contributed by atoms with Crippen molar-refractivity contribution < 1.29 is 17.6 Å². The summed E-state index contributed by atoms with van der Waals surface area (Å²) in [5.74, 6) is -0.885.